The van der Waals surface area contributed by atoms with Gasteiger partial charge in [0.25, 0.3) is 0 Å². The summed E-state index contributed by atoms with van der Waals surface area (Å²) in [7, 11) is 1.67. The standard InChI is InChI=1S/C15H16N2O/c1-12(14-8-3-4-9-15(14)18-2)17-11-13-7-5-6-10-16-13/h3-12H,1-2H3/b17-11+. The molecule has 0 aliphatic carbocycles. The zero-order chi connectivity index (χ0) is 12.8. The summed E-state index contributed by atoms with van der Waals surface area (Å²) >= 11 is 0. The average Bonchev–Trinajstić information content (AvgIpc) is 2.45. The number of benzene rings is 1. The summed E-state index contributed by atoms with van der Waals surface area (Å²) in [5, 5.41) is 0. The highest BCUT2D eigenvalue weighted by atomic mass is 16.5. The third-order valence-electron chi connectivity index (χ3n) is 2.71. The molecule has 1 heterocycles. The number of para-hydroxylation sites is 1. The number of rotatable bonds is 4. The van der Waals surface area contributed by atoms with Gasteiger partial charge in [-0.1, -0.05) is 24.3 Å². The Balaban J connectivity index is 2.17. The van der Waals surface area contributed by atoms with Crippen LogP contribution < -0.4 is 4.74 Å². The number of aromatic nitrogens is 1. The van der Waals surface area contributed by atoms with Crippen LogP contribution in [0.15, 0.2) is 53.7 Å². The third kappa shape index (κ3) is 2.94. The Morgan fingerprint density at radius 3 is 2.67 bits per heavy atom. The monoisotopic (exact) mass is 240 g/mol. The molecule has 0 aliphatic heterocycles. The van der Waals surface area contributed by atoms with Crippen LogP contribution >= 0.6 is 0 Å². The van der Waals surface area contributed by atoms with E-state index in [-0.39, 0.29) is 6.04 Å². The molecule has 0 N–H and O–H groups in total. The molecular weight excluding hydrogens is 224 g/mol. The summed E-state index contributed by atoms with van der Waals surface area (Å²) < 4.78 is 5.33. The maximum atomic E-state index is 5.33. The number of pyridine rings is 1. The fourth-order valence-corrected chi connectivity index (χ4v) is 1.73. The molecule has 0 spiro atoms. The van der Waals surface area contributed by atoms with Gasteiger partial charge in [0, 0.05) is 18.0 Å². The Hall–Kier alpha value is -2.16. The first-order valence-electron chi connectivity index (χ1n) is 5.88. The molecule has 0 fully saturated rings. The Kier molecular flexibility index (Phi) is 4.07. The van der Waals surface area contributed by atoms with E-state index < -0.39 is 0 Å². The van der Waals surface area contributed by atoms with E-state index in [0.29, 0.717) is 0 Å². The van der Waals surface area contributed by atoms with Gasteiger partial charge in [0.05, 0.1) is 18.8 Å². The van der Waals surface area contributed by atoms with Gasteiger partial charge in [0.1, 0.15) is 5.75 Å². The zero-order valence-corrected chi connectivity index (χ0v) is 10.6. The van der Waals surface area contributed by atoms with Crippen molar-refractivity contribution in [2.75, 3.05) is 7.11 Å². The number of ether oxygens (including phenoxy) is 1. The average molecular weight is 240 g/mol. The maximum Gasteiger partial charge on any atom is 0.124 e. The molecule has 1 aromatic heterocycles. The molecule has 0 radical (unpaired) electrons. The number of nitrogens with zero attached hydrogens (tertiary/aromatic N) is 2. The van der Waals surface area contributed by atoms with E-state index in [1.54, 1.807) is 19.5 Å². The molecule has 0 saturated heterocycles. The highest BCUT2D eigenvalue weighted by molar-refractivity contribution is 5.76. The number of hydrogen-bond donors (Lipinski definition) is 0. The van der Waals surface area contributed by atoms with Crippen LogP contribution in [0.4, 0.5) is 0 Å². The molecule has 3 heteroatoms. The lowest BCUT2D eigenvalue weighted by Crippen LogP contribution is -1.96. The van der Waals surface area contributed by atoms with Crippen LogP contribution in [0.25, 0.3) is 0 Å². The van der Waals surface area contributed by atoms with E-state index in [9.17, 15) is 0 Å². The maximum absolute atomic E-state index is 5.33. The summed E-state index contributed by atoms with van der Waals surface area (Å²) in [6.07, 6.45) is 3.55. The molecule has 2 rings (SSSR count). The SMILES string of the molecule is COc1ccccc1C(C)/N=C/c1ccccn1. The van der Waals surface area contributed by atoms with Gasteiger partial charge in [-0.05, 0) is 25.1 Å². The van der Waals surface area contributed by atoms with Gasteiger partial charge in [-0.15, -0.1) is 0 Å². The molecule has 0 saturated carbocycles. The van der Waals surface area contributed by atoms with E-state index in [1.807, 2.05) is 49.4 Å². The van der Waals surface area contributed by atoms with Gasteiger partial charge in [-0.3, -0.25) is 9.98 Å². The van der Waals surface area contributed by atoms with Gasteiger partial charge in [0.15, 0.2) is 0 Å². The molecule has 3 nitrogen and oxygen atoms in total. The largest absolute Gasteiger partial charge is 0.496 e. The lowest BCUT2D eigenvalue weighted by atomic mass is 10.1. The predicted octanol–water partition coefficient (Wildman–Crippen LogP) is 3.27. The second-order valence-electron chi connectivity index (χ2n) is 3.95. The van der Waals surface area contributed by atoms with Crippen molar-refractivity contribution in [3.63, 3.8) is 0 Å². The van der Waals surface area contributed by atoms with Crippen molar-refractivity contribution in [2.45, 2.75) is 13.0 Å². The molecule has 92 valence electrons. The molecule has 1 unspecified atom stereocenters. The lowest BCUT2D eigenvalue weighted by molar-refractivity contribution is 0.407. The van der Waals surface area contributed by atoms with Crippen molar-refractivity contribution in [2.24, 2.45) is 4.99 Å². The summed E-state index contributed by atoms with van der Waals surface area (Å²) in [5.41, 5.74) is 1.94. The van der Waals surface area contributed by atoms with Crippen LogP contribution in [-0.2, 0) is 0 Å². The molecule has 0 aliphatic rings. The fourth-order valence-electron chi connectivity index (χ4n) is 1.73. The summed E-state index contributed by atoms with van der Waals surface area (Å²) in [4.78, 5) is 8.71. The van der Waals surface area contributed by atoms with Crippen LogP contribution in [0.1, 0.15) is 24.2 Å². The van der Waals surface area contributed by atoms with Gasteiger partial charge in [-0.25, -0.2) is 0 Å². The Morgan fingerprint density at radius 2 is 1.94 bits per heavy atom. The minimum Gasteiger partial charge on any atom is -0.496 e. The Bertz CT molecular complexity index is 523. The zero-order valence-electron chi connectivity index (χ0n) is 10.6. The first-order chi connectivity index (χ1) is 8.81. The van der Waals surface area contributed by atoms with Crippen LogP contribution in [0.5, 0.6) is 5.75 Å². The highest BCUT2D eigenvalue weighted by Gasteiger charge is 2.08. The number of aliphatic imine (C=N–C) groups is 1. The van der Waals surface area contributed by atoms with Crippen LogP contribution in [-0.4, -0.2) is 18.3 Å². The van der Waals surface area contributed by atoms with Gasteiger partial charge >= 0.3 is 0 Å². The second kappa shape index (κ2) is 5.96. The molecular formula is C15H16N2O. The quantitative estimate of drug-likeness (QED) is 0.769. The Morgan fingerprint density at radius 1 is 1.17 bits per heavy atom. The van der Waals surface area contributed by atoms with E-state index >= 15 is 0 Å². The van der Waals surface area contributed by atoms with Crippen LogP contribution in [0.3, 0.4) is 0 Å². The molecule has 18 heavy (non-hydrogen) atoms. The first kappa shape index (κ1) is 12.3. The van der Waals surface area contributed by atoms with Crippen molar-refractivity contribution < 1.29 is 4.74 Å². The fraction of sp³-hybridized carbons (Fsp3) is 0.200. The van der Waals surface area contributed by atoms with Crippen molar-refractivity contribution in [3.8, 4) is 5.75 Å². The highest BCUT2D eigenvalue weighted by Crippen LogP contribution is 2.26. The van der Waals surface area contributed by atoms with E-state index in [0.717, 1.165) is 17.0 Å². The molecule has 0 amide bonds. The van der Waals surface area contributed by atoms with Gasteiger partial charge in [0.2, 0.25) is 0 Å². The van der Waals surface area contributed by atoms with E-state index in [2.05, 4.69) is 9.98 Å². The van der Waals surface area contributed by atoms with Crippen molar-refractivity contribution >= 4 is 6.21 Å². The minimum absolute atomic E-state index is 0.0446. The minimum atomic E-state index is 0.0446. The van der Waals surface area contributed by atoms with Gasteiger partial charge in [-0.2, -0.15) is 0 Å². The third-order valence-corrected chi connectivity index (χ3v) is 2.71. The lowest BCUT2D eigenvalue weighted by Gasteiger charge is -2.11. The number of hydrogen-bond acceptors (Lipinski definition) is 3. The van der Waals surface area contributed by atoms with Crippen molar-refractivity contribution in [3.05, 3.63) is 59.9 Å². The smallest absolute Gasteiger partial charge is 0.124 e. The predicted molar refractivity (Wildman–Crippen MR) is 73.2 cm³/mol. The Labute approximate surface area is 107 Å². The molecule has 1 atom stereocenters. The molecule has 2 aromatic rings. The van der Waals surface area contributed by atoms with Crippen molar-refractivity contribution in [1.29, 1.82) is 0 Å². The summed E-state index contributed by atoms with van der Waals surface area (Å²) in [5.74, 6) is 0.864. The van der Waals surface area contributed by atoms with E-state index in [4.69, 9.17) is 4.74 Å². The van der Waals surface area contributed by atoms with Gasteiger partial charge < -0.3 is 4.74 Å². The summed E-state index contributed by atoms with van der Waals surface area (Å²) in [6, 6.07) is 13.7. The first-order valence-corrected chi connectivity index (χ1v) is 5.88. The number of methoxy groups -OCH3 is 1. The second-order valence-corrected chi connectivity index (χ2v) is 3.95. The normalized spacial score (nSPS) is 12.6. The molecule has 0 bridgehead atoms. The summed E-state index contributed by atoms with van der Waals surface area (Å²) in [6.45, 7) is 2.04. The van der Waals surface area contributed by atoms with Crippen LogP contribution in [0.2, 0.25) is 0 Å². The topological polar surface area (TPSA) is 34.5 Å². The molecule has 1 aromatic carbocycles. The van der Waals surface area contributed by atoms with Crippen molar-refractivity contribution in [1.82, 2.24) is 4.98 Å². The van der Waals surface area contributed by atoms with E-state index in [1.165, 1.54) is 0 Å². The van der Waals surface area contributed by atoms with Crippen LogP contribution in [0, 0.1) is 0 Å².